The van der Waals surface area contributed by atoms with E-state index in [4.69, 9.17) is 0 Å². The summed E-state index contributed by atoms with van der Waals surface area (Å²) < 4.78 is 0. The molecule has 0 unspecified atom stereocenters. The molecule has 20 heavy (non-hydrogen) atoms. The van der Waals surface area contributed by atoms with Gasteiger partial charge in [-0.2, -0.15) is 0 Å². The molecule has 1 aliphatic rings. The lowest BCUT2D eigenvalue weighted by Crippen LogP contribution is -2.48. The minimum absolute atomic E-state index is 0.186. The summed E-state index contributed by atoms with van der Waals surface area (Å²) in [6, 6.07) is 8.33. The van der Waals surface area contributed by atoms with E-state index in [2.05, 4.69) is 43.2 Å². The summed E-state index contributed by atoms with van der Waals surface area (Å²) in [7, 11) is 2.09. The first-order valence-electron chi connectivity index (χ1n) is 7.36. The number of benzene rings is 1. The van der Waals surface area contributed by atoms with Crippen LogP contribution in [-0.2, 0) is 4.79 Å². The second kappa shape index (κ2) is 6.75. The van der Waals surface area contributed by atoms with Gasteiger partial charge >= 0.3 is 0 Å². The van der Waals surface area contributed by atoms with Crippen LogP contribution in [0.15, 0.2) is 24.3 Å². The molecule has 1 aromatic carbocycles. The Labute approximate surface area is 121 Å². The molecule has 4 nitrogen and oxygen atoms in total. The normalized spacial score (nSPS) is 16.5. The van der Waals surface area contributed by atoms with E-state index in [1.807, 2.05) is 17.0 Å². The third-order valence-corrected chi connectivity index (χ3v) is 3.88. The Balaban J connectivity index is 1.81. The number of carbonyl (C=O) groups is 1. The van der Waals surface area contributed by atoms with Crippen molar-refractivity contribution in [1.29, 1.82) is 0 Å². The highest BCUT2D eigenvalue weighted by molar-refractivity contribution is 5.81. The van der Waals surface area contributed by atoms with Crippen molar-refractivity contribution in [2.24, 2.45) is 0 Å². The van der Waals surface area contributed by atoms with Crippen molar-refractivity contribution in [1.82, 2.24) is 9.80 Å². The Morgan fingerprint density at radius 3 is 2.30 bits per heavy atom. The number of nitrogens with one attached hydrogen (secondary N) is 1. The molecule has 1 amide bonds. The zero-order valence-electron chi connectivity index (χ0n) is 12.7. The molecule has 0 spiro atoms. The van der Waals surface area contributed by atoms with Crippen molar-refractivity contribution in [3.8, 4) is 0 Å². The Hall–Kier alpha value is -1.55. The van der Waals surface area contributed by atoms with Gasteiger partial charge in [-0.25, -0.2) is 0 Å². The molecule has 0 radical (unpaired) electrons. The summed E-state index contributed by atoms with van der Waals surface area (Å²) in [6.45, 7) is 8.35. The zero-order valence-corrected chi connectivity index (χ0v) is 12.7. The second-order valence-corrected chi connectivity index (χ2v) is 5.81. The number of hydrogen-bond donors (Lipinski definition) is 1. The van der Waals surface area contributed by atoms with Crippen molar-refractivity contribution in [2.45, 2.75) is 19.8 Å². The van der Waals surface area contributed by atoms with Gasteiger partial charge in [-0.15, -0.1) is 0 Å². The molecule has 1 aromatic rings. The predicted octanol–water partition coefficient (Wildman–Crippen LogP) is 2.00. The van der Waals surface area contributed by atoms with Crippen molar-refractivity contribution >= 4 is 11.6 Å². The van der Waals surface area contributed by atoms with Gasteiger partial charge in [0.2, 0.25) is 5.91 Å². The van der Waals surface area contributed by atoms with Crippen molar-refractivity contribution in [3.05, 3.63) is 29.8 Å². The number of amides is 1. The molecule has 0 saturated carbocycles. The molecule has 0 atom stereocenters. The molecule has 0 aliphatic carbocycles. The van der Waals surface area contributed by atoms with Gasteiger partial charge < -0.3 is 15.1 Å². The lowest BCUT2D eigenvalue weighted by Gasteiger charge is -2.32. The maximum atomic E-state index is 12.1. The number of nitrogens with zero attached hydrogens (tertiary/aromatic N) is 2. The van der Waals surface area contributed by atoms with E-state index in [-0.39, 0.29) is 5.91 Å². The van der Waals surface area contributed by atoms with E-state index in [1.54, 1.807) is 0 Å². The minimum atomic E-state index is 0.186. The van der Waals surface area contributed by atoms with E-state index >= 15 is 0 Å². The highest BCUT2D eigenvalue weighted by Crippen LogP contribution is 2.17. The first kappa shape index (κ1) is 14.9. The van der Waals surface area contributed by atoms with Gasteiger partial charge in [0, 0.05) is 31.9 Å². The summed E-state index contributed by atoms with van der Waals surface area (Å²) in [5, 5.41) is 3.21. The Morgan fingerprint density at radius 2 is 1.75 bits per heavy atom. The summed E-state index contributed by atoms with van der Waals surface area (Å²) in [5.74, 6) is 0.724. The highest BCUT2D eigenvalue weighted by atomic mass is 16.2. The van der Waals surface area contributed by atoms with Crippen LogP contribution in [0.4, 0.5) is 5.69 Å². The monoisotopic (exact) mass is 275 g/mol. The van der Waals surface area contributed by atoms with Crippen LogP contribution in [0.5, 0.6) is 0 Å². The second-order valence-electron chi connectivity index (χ2n) is 5.81. The van der Waals surface area contributed by atoms with Gasteiger partial charge in [0.05, 0.1) is 6.54 Å². The number of hydrogen-bond acceptors (Lipinski definition) is 3. The molecular formula is C16H25N3O. The first-order chi connectivity index (χ1) is 9.56. The topological polar surface area (TPSA) is 35.6 Å². The predicted molar refractivity (Wildman–Crippen MR) is 83.1 cm³/mol. The van der Waals surface area contributed by atoms with Gasteiger partial charge in [-0.05, 0) is 30.7 Å². The zero-order chi connectivity index (χ0) is 14.5. The van der Waals surface area contributed by atoms with Crippen LogP contribution < -0.4 is 5.32 Å². The van der Waals surface area contributed by atoms with E-state index in [1.165, 1.54) is 5.56 Å². The largest absolute Gasteiger partial charge is 0.376 e. The highest BCUT2D eigenvalue weighted by Gasteiger charge is 2.18. The lowest BCUT2D eigenvalue weighted by molar-refractivity contribution is -0.130. The van der Waals surface area contributed by atoms with Crippen LogP contribution in [-0.4, -0.2) is 55.5 Å². The third-order valence-electron chi connectivity index (χ3n) is 3.88. The quantitative estimate of drug-likeness (QED) is 0.913. The fourth-order valence-corrected chi connectivity index (χ4v) is 2.33. The molecule has 0 aromatic heterocycles. The van der Waals surface area contributed by atoms with Crippen LogP contribution in [0.3, 0.4) is 0 Å². The van der Waals surface area contributed by atoms with E-state index in [9.17, 15) is 4.79 Å². The molecule has 1 saturated heterocycles. The van der Waals surface area contributed by atoms with Gasteiger partial charge in [0.25, 0.3) is 0 Å². The molecule has 1 heterocycles. The average molecular weight is 275 g/mol. The van der Waals surface area contributed by atoms with E-state index in [0.717, 1.165) is 31.9 Å². The summed E-state index contributed by atoms with van der Waals surface area (Å²) in [6.07, 6.45) is 0. The molecule has 4 heteroatoms. The lowest BCUT2D eigenvalue weighted by atomic mass is 10.0. The molecule has 1 fully saturated rings. The average Bonchev–Trinajstić information content (AvgIpc) is 2.46. The fourth-order valence-electron chi connectivity index (χ4n) is 2.33. The standard InChI is InChI=1S/C16H25N3O/c1-13(2)14-4-6-15(7-5-14)17-12-16(20)19-10-8-18(3)9-11-19/h4-7,13,17H,8-12H2,1-3H3. The molecule has 1 N–H and O–H groups in total. The molecule has 110 valence electrons. The van der Waals surface area contributed by atoms with Crippen molar-refractivity contribution in [3.63, 3.8) is 0 Å². The fraction of sp³-hybridized carbons (Fsp3) is 0.562. The van der Waals surface area contributed by atoms with Crippen LogP contribution in [0.25, 0.3) is 0 Å². The number of piperazine rings is 1. The molecule has 0 bridgehead atoms. The maximum absolute atomic E-state index is 12.1. The molecule has 1 aliphatic heterocycles. The Morgan fingerprint density at radius 1 is 1.15 bits per heavy atom. The maximum Gasteiger partial charge on any atom is 0.241 e. The van der Waals surface area contributed by atoms with Gasteiger partial charge in [-0.1, -0.05) is 26.0 Å². The summed E-state index contributed by atoms with van der Waals surface area (Å²) in [4.78, 5) is 16.3. The Bertz CT molecular complexity index is 434. The molecular weight excluding hydrogens is 250 g/mol. The third kappa shape index (κ3) is 3.97. The van der Waals surface area contributed by atoms with Gasteiger partial charge in [0.1, 0.15) is 0 Å². The van der Waals surface area contributed by atoms with E-state index in [0.29, 0.717) is 12.5 Å². The number of rotatable bonds is 4. The van der Waals surface area contributed by atoms with Gasteiger partial charge in [0.15, 0.2) is 0 Å². The SMILES string of the molecule is CC(C)c1ccc(NCC(=O)N2CCN(C)CC2)cc1. The van der Waals surface area contributed by atoms with Crippen LogP contribution in [0, 0.1) is 0 Å². The smallest absolute Gasteiger partial charge is 0.241 e. The van der Waals surface area contributed by atoms with Crippen molar-refractivity contribution < 1.29 is 4.79 Å². The molecule has 2 rings (SSSR count). The van der Waals surface area contributed by atoms with Crippen LogP contribution in [0.1, 0.15) is 25.3 Å². The summed E-state index contributed by atoms with van der Waals surface area (Å²) in [5.41, 5.74) is 2.33. The van der Waals surface area contributed by atoms with Crippen LogP contribution in [0.2, 0.25) is 0 Å². The number of anilines is 1. The number of likely N-dealkylation sites (N-methyl/N-ethyl adjacent to an activating group) is 1. The number of carbonyl (C=O) groups excluding carboxylic acids is 1. The van der Waals surface area contributed by atoms with Crippen LogP contribution >= 0.6 is 0 Å². The van der Waals surface area contributed by atoms with Gasteiger partial charge in [-0.3, -0.25) is 4.79 Å². The van der Waals surface area contributed by atoms with Crippen molar-refractivity contribution in [2.75, 3.05) is 45.1 Å². The summed E-state index contributed by atoms with van der Waals surface area (Å²) >= 11 is 0. The first-order valence-corrected chi connectivity index (χ1v) is 7.36. The minimum Gasteiger partial charge on any atom is -0.376 e. The van der Waals surface area contributed by atoms with E-state index < -0.39 is 0 Å². The Kier molecular flexibility index (Phi) is 5.01.